The van der Waals surface area contributed by atoms with Gasteiger partial charge in [-0.05, 0) is 49.9 Å². The fourth-order valence-electron chi connectivity index (χ4n) is 4.28. The molecule has 5 nitrogen and oxygen atoms in total. The maximum absolute atomic E-state index is 4.76. The highest BCUT2D eigenvalue weighted by atomic mass is 15.5. The van der Waals surface area contributed by atoms with Crippen LogP contribution in [0.3, 0.4) is 0 Å². The summed E-state index contributed by atoms with van der Waals surface area (Å²) in [4.78, 5) is 9.69. The molecule has 2 aliphatic rings. The SMILES string of the molecule is CC(C)N1CCN(c2ccc(-c3ccc(CNN4CCCCC4)cc3)cn2)CC1. The van der Waals surface area contributed by atoms with Crippen molar-refractivity contribution in [3.05, 3.63) is 48.2 Å². The predicted octanol–water partition coefficient (Wildman–Crippen LogP) is 3.77. The third kappa shape index (κ3) is 5.35. The number of piperazine rings is 1. The van der Waals surface area contributed by atoms with Gasteiger partial charge in [0.15, 0.2) is 0 Å². The summed E-state index contributed by atoms with van der Waals surface area (Å²) < 4.78 is 0. The predicted molar refractivity (Wildman–Crippen MR) is 121 cm³/mol. The Hall–Kier alpha value is -1.95. The van der Waals surface area contributed by atoms with Gasteiger partial charge in [0.25, 0.3) is 0 Å². The average Bonchev–Trinajstić information content (AvgIpc) is 2.79. The fourth-order valence-corrected chi connectivity index (χ4v) is 4.28. The van der Waals surface area contributed by atoms with Crippen LogP contribution in [0.1, 0.15) is 38.7 Å². The normalized spacial score (nSPS) is 19.1. The van der Waals surface area contributed by atoms with Crippen molar-refractivity contribution in [1.29, 1.82) is 0 Å². The van der Waals surface area contributed by atoms with Crippen LogP contribution in [0, 0.1) is 0 Å². The summed E-state index contributed by atoms with van der Waals surface area (Å²) in [7, 11) is 0. The Kier molecular flexibility index (Phi) is 6.80. The molecule has 2 fully saturated rings. The van der Waals surface area contributed by atoms with E-state index in [4.69, 9.17) is 4.98 Å². The molecule has 0 aliphatic carbocycles. The zero-order valence-corrected chi connectivity index (χ0v) is 18.0. The van der Waals surface area contributed by atoms with Crippen molar-refractivity contribution in [2.45, 2.75) is 45.7 Å². The summed E-state index contributed by atoms with van der Waals surface area (Å²) in [6.07, 6.45) is 6.00. The van der Waals surface area contributed by atoms with Crippen LogP contribution in [0.4, 0.5) is 5.82 Å². The summed E-state index contributed by atoms with van der Waals surface area (Å²) in [5, 5.41) is 2.36. The molecular formula is C24H35N5. The number of anilines is 1. The van der Waals surface area contributed by atoms with Crippen molar-refractivity contribution < 1.29 is 0 Å². The van der Waals surface area contributed by atoms with Crippen LogP contribution in [0.25, 0.3) is 11.1 Å². The minimum atomic E-state index is 0.630. The highest BCUT2D eigenvalue weighted by molar-refractivity contribution is 5.64. The lowest BCUT2D eigenvalue weighted by Crippen LogP contribution is -2.49. The number of nitrogens with one attached hydrogen (secondary N) is 1. The lowest BCUT2D eigenvalue weighted by atomic mass is 10.1. The summed E-state index contributed by atoms with van der Waals surface area (Å²) in [6.45, 7) is 12.1. The van der Waals surface area contributed by atoms with Gasteiger partial charge in [0, 0.05) is 63.6 Å². The molecule has 0 saturated carbocycles. The summed E-state index contributed by atoms with van der Waals surface area (Å²) in [5.41, 5.74) is 7.31. The van der Waals surface area contributed by atoms with E-state index in [2.05, 4.69) is 70.5 Å². The van der Waals surface area contributed by atoms with E-state index >= 15 is 0 Å². The lowest BCUT2D eigenvalue weighted by molar-refractivity contribution is 0.151. The minimum Gasteiger partial charge on any atom is -0.354 e. The first-order chi connectivity index (χ1) is 14.2. The molecule has 2 aromatic rings. The van der Waals surface area contributed by atoms with Crippen molar-refractivity contribution in [3.8, 4) is 11.1 Å². The van der Waals surface area contributed by atoms with Crippen LogP contribution in [0.15, 0.2) is 42.6 Å². The molecule has 4 rings (SSSR count). The maximum atomic E-state index is 4.76. The second-order valence-electron chi connectivity index (χ2n) is 8.60. The van der Waals surface area contributed by atoms with Gasteiger partial charge in [-0.15, -0.1) is 0 Å². The Morgan fingerprint density at radius 3 is 2.14 bits per heavy atom. The number of hydrogen-bond acceptors (Lipinski definition) is 5. The van der Waals surface area contributed by atoms with Crippen molar-refractivity contribution in [1.82, 2.24) is 20.3 Å². The molecule has 0 radical (unpaired) electrons. The Labute approximate surface area is 175 Å². The summed E-state index contributed by atoms with van der Waals surface area (Å²) >= 11 is 0. The topological polar surface area (TPSA) is 34.6 Å². The molecule has 0 spiro atoms. The van der Waals surface area contributed by atoms with Crippen LogP contribution < -0.4 is 10.3 Å². The number of pyridine rings is 1. The second kappa shape index (κ2) is 9.70. The van der Waals surface area contributed by atoms with Crippen molar-refractivity contribution in [3.63, 3.8) is 0 Å². The molecule has 0 amide bonds. The van der Waals surface area contributed by atoms with Gasteiger partial charge in [0.1, 0.15) is 5.82 Å². The van der Waals surface area contributed by atoms with Crippen LogP contribution >= 0.6 is 0 Å². The molecule has 29 heavy (non-hydrogen) atoms. The Morgan fingerprint density at radius 2 is 1.52 bits per heavy atom. The van der Waals surface area contributed by atoms with E-state index in [0.29, 0.717) is 6.04 Å². The quantitative estimate of drug-likeness (QED) is 0.808. The van der Waals surface area contributed by atoms with Crippen molar-refractivity contribution in [2.75, 3.05) is 44.2 Å². The maximum Gasteiger partial charge on any atom is 0.128 e. The number of rotatable bonds is 6. The van der Waals surface area contributed by atoms with E-state index in [1.165, 1.54) is 49.0 Å². The molecule has 2 aliphatic heterocycles. The Balaban J connectivity index is 1.31. The average molecular weight is 394 g/mol. The Morgan fingerprint density at radius 1 is 0.828 bits per heavy atom. The fraction of sp³-hybridized carbons (Fsp3) is 0.542. The van der Waals surface area contributed by atoms with E-state index in [9.17, 15) is 0 Å². The van der Waals surface area contributed by atoms with Crippen LogP contribution in [0.2, 0.25) is 0 Å². The summed E-state index contributed by atoms with van der Waals surface area (Å²) in [6, 6.07) is 13.9. The molecule has 1 aromatic carbocycles. The van der Waals surface area contributed by atoms with Crippen LogP contribution in [-0.4, -0.2) is 60.2 Å². The van der Waals surface area contributed by atoms with Gasteiger partial charge in [0.05, 0.1) is 0 Å². The number of aromatic nitrogens is 1. The third-order valence-electron chi connectivity index (χ3n) is 6.27. The van der Waals surface area contributed by atoms with E-state index in [-0.39, 0.29) is 0 Å². The van der Waals surface area contributed by atoms with E-state index in [0.717, 1.165) is 38.5 Å². The van der Waals surface area contributed by atoms with Crippen LogP contribution in [0.5, 0.6) is 0 Å². The second-order valence-corrected chi connectivity index (χ2v) is 8.60. The standard InChI is InChI=1S/C24H35N5/c1-20(2)27-14-16-28(17-15-27)24-11-10-23(19-25-24)22-8-6-21(7-9-22)18-26-29-12-4-3-5-13-29/h6-11,19-20,26H,3-5,12-18H2,1-2H3. The van der Waals surface area contributed by atoms with Gasteiger partial charge < -0.3 is 4.90 Å². The molecular weight excluding hydrogens is 358 g/mol. The van der Waals surface area contributed by atoms with Gasteiger partial charge in [-0.25, -0.2) is 9.99 Å². The van der Waals surface area contributed by atoms with Gasteiger partial charge >= 0.3 is 0 Å². The monoisotopic (exact) mass is 393 g/mol. The molecule has 5 heteroatoms. The molecule has 0 unspecified atom stereocenters. The van der Waals surface area contributed by atoms with Gasteiger partial charge in [-0.1, -0.05) is 30.7 Å². The first-order valence-corrected chi connectivity index (χ1v) is 11.2. The number of hydrogen-bond donors (Lipinski definition) is 1. The molecule has 1 aromatic heterocycles. The number of benzene rings is 1. The number of piperidine rings is 1. The van der Waals surface area contributed by atoms with E-state index < -0.39 is 0 Å². The third-order valence-corrected chi connectivity index (χ3v) is 6.27. The highest BCUT2D eigenvalue weighted by Gasteiger charge is 2.19. The molecule has 156 valence electrons. The van der Waals surface area contributed by atoms with Crippen molar-refractivity contribution in [2.24, 2.45) is 0 Å². The highest BCUT2D eigenvalue weighted by Crippen LogP contribution is 2.22. The smallest absolute Gasteiger partial charge is 0.128 e. The Bertz CT molecular complexity index is 742. The first kappa shape index (κ1) is 20.3. The molecule has 3 heterocycles. The van der Waals surface area contributed by atoms with Gasteiger partial charge in [-0.2, -0.15) is 0 Å². The zero-order valence-electron chi connectivity index (χ0n) is 18.0. The van der Waals surface area contributed by atoms with E-state index in [1.54, 1.807) is 0 Å². The molecule has 1 N–H and O–H groups in total. The molecule has 2 saturated heterocycles. The molecule has 0 bridgehead atoms. The van der Waals surface area contributed by atoms with Gasteiger partial charge in [0.2, 0.25) is 0 Å². The number of hydrazine groups is 1. The van der Waals surface area contributed by atoms with E-state index in [1.807, 2.05) is 6.20 Å². The molecule has 0 atom stereocenters. The van der Waals surface area contributed by atoms with Crippen LogP contribution in [-0.2, 0) is 6.54 Å². The zero-order chi connectivity index (χ0) is 20.1. The largest absolute Gasteiger partial charge is 0.354 e. The summed E-state index contributed by atoms with van der Waals surface area (Å²) in [5.74, 6) is 1.10. The number of nitrogens with zero attached hydrogens (tertiary/aromatic N) is 4. The first-order valence-electron chi connectivity index (χ1n) is 11.2. The minimum absolute atomic E-state index is 0.630. The lowest BCUT2D eigenvalue weighted by Gasteiger charge is -2.37. The van der Waals surface area contributed by atoms with Crippen molar-refractivity contribution >= 4 is 5.82 Å². The van der Waals surface area contributed by atoms with Gasteiger partial charge in [-0.3, -0.25) is 10.3 Å².